The fraction of sp³-hybridized carbons (Fsp3) is 0.389. The lowest BCUT2D eigenvalue weighted by atomic mass is 10.1. The molecule has 7 heteroatoms. The quantitative estimate of drug-likeness (QED) is 0.751. The third kappa shape index (κ3) is 5.07. The Bertz CT molecular complexity index is 780. The topological polar surface area (TPSA) is 102 Å². The van der Waals surface area contributed by atoms with Gasteiger partial charge in [0.05, 0.1) is 12.1 Å². The van der Waals surface area contributed by atoms with Crippen molar-refractivity contribution >= 4 is 23.3 Å². The monoisotopic (exact) mass is 343 g/mol. The lowest BCUT2D eigenvalue weighted by Crippen LogP contribution is -2.19. The molecule has 0 fully saturated rings. The highest BCUT2D eigenvalue weighted by molar-refractivity contribution is 5.94. The van der Waals surface area contributed by atoms with Gasteiger partial charge in [-0.3, -0.25) is 9.48 Å². The van der Waals surface area contributed by atoms with Crippen molar-refractivity contribution in [2.45, 2.75) is 40.7 Å². The predicted molar refractivity (Wildman–Crippen MR) is 98.5 cm³/mol. The van der Waals surface area contributed by atoms with E-state index in [0.29, 0.717) is 17.3 Å². The number of benzene rings is 1. The number of nitrogens with zero attached hydrogens (tertiary/aromatic N) is 2. The van der Waals surface area contributed by atoms with Crippen LogP contribution in [0.3, 0.4) is 0 Å². The molecule has 0 aliphatic heterocycles. The zero-order valence-electron chi connectivity index (χ0n) is 15.1. The molecular weight excluding hydrogens is 318 g/mol. The Hall–Kier alpha value is -2.83. The summed E-state index contributed by atoms with van der Waals surface area (Å²) in [6.07, 6.45) is 0.253. The van der Waals surface area contributed by atoms with Crippen LogP contribution in [0.5, 0.6) is 0 Å². The molecule has 3 amide bonds. The lowest BCUT2D eigenvalue weighted by molar-refractivity contribution is -0.115. The Morgan fingerprint density at radius 3 is 2.44 bits per heavy atom. The van der Waals surface area contributed by atoms with E-state index in [-0.39, 0.29) is 12.3 Å². The van der Waals surface area contributed by atoms with Crippen LogP contribution in [0.15, 0.2) is 24.3 Å². The normalized spacial score (nSPS) is 10.8. The highest BCUT2D eigenvalue weighted by atomic mass is 16.2. The summed E-state index contributed by atoms with van der Waals surface area (Å²) in [5, 5.41) is 9.85. The van der Waals surface area contributed by atoms with Gasteiger partial charge < -0.3 is 16.4 Å². The van der Waals surface area contributed by atoms with Crippen LogP contribution in [0.1, 0.15) is 30.8 Å². The molecule has 25 heavy (non-hydrogen) atoms. The maximum atomic E-state index is 12.4. The summed E-state index contributed by atoms with van der Waals surface area (Å²) in [5.74, 6) is 0.353. The maximum Gasteiger partial charge on any atom is 0.316 e. The first kappa shape index (κ1) is 18.5. The van der Waals surface area contributed by atoms with E-state index < -0.39 is 6.03 Å². The number of aryl methyl sites for hydroxylation is 1. The van der Waals surface area contributed by atoms with Gasteiger partial charge in [-0.25, -0.2) is 4.79 Å². The Morgan fingerprint density at radius 1 is 1.20 bits per heavy atom. The summed E-state index contributed by atoms with van der Waals surface area (Å²) in [5.41, 5.74) is 9.07. The zero-order chi connectivity index (χ0) is 18.6. The molecule has 1 heterocycles. The SMILES string of the molecule is Cc1nn(CC(C)C)c(C)c1CC(=O)Nc1cccc(NC(N)=O)c1. The average molecular weight is 343 g/mol. The number of hydrogen-bond donors (Lipinski definition) is 3. The van der Waals surface area contributed by atoms with E-state index in [2.05, 4.69) is 29.6 Å². The molecule has 4 N–H and O–H groups in total. The zero-order valence-corrected chi connectivity index (χ0v) is 15.1. The second-order valence-electron chi connectivity index (χ2n) is 6.52. The highest BCUT2D eigenvalue weighted by Crippen LogP contribution is 2.18. The average Bonchev–Trinajstić information content (AvgIpc) is 2.74. The number of aromatic nitrogens is 2. The first-order valence-corrected chi connectivity index (χ1v) is 8.25. The van der Waals surface area contributed by atoms with Gasteiger partial charge in [0.2, 0.25) is 5.91 Å². The van der Waals surface area contributed by atoms with Crippen LogP contribution in [0.25, 0.3) is 0 Å². The van der Waals surface area contributed by atoms with Gasteiger partial charge in [-0.05, 0) is 38.0 Å². The number of nitrogens with two attached hydrogens (primary N) is 1. The van der Waals surface area contributed by atoms with Gasteiger partial charge in [-0.1, -0.05) is 19.9 Å². The minimum Gasteiger partial charge on any atom is -0.351 e. The Morgan fingerprint density at radius 2 is 1.84 bits per heavy atom. The van der Waals surface area contributed by atoms with Gasteiger partial charge in [-0.2, -0.15) is 5.10 Å². The van der Waals surface area contributed by atoms with Crippen LogP contribution in [0, 0.1) is 19.8 Å². The number of hydrogen-bond acceptors (Lipinski definition) is 3. The number of carbonyl (C=O) groups is 2. The van der Waals surface area contributed by atoms with Gasteiger partial charge in [-0.15, -0.1) is 0 Å². The largest absolute Gasteiger partial charge is 0.351 e. The van der Waals surface area contributed by atoms with E-state index in [9.17, 15) is 9.59 Å². The van der Waals surface area contributed by atoms with Crippen LogP contribution in [-0.4, -0.2) is 21.7 Å². The van der Waals surface area contributed by atoms with Crippen molar-refractivity contribution in [1.82, 2.24) is 9.78 Å². The van der Waals surface area contributed by atoms with E-state index in [1.165, 1.54) is 0 Å². The third-order valence-electron chi connectivity index (χ3n) is 3.82. The minimum absolute atomic E-state index is 0.133. The number of primary amides is 1. The first-order valence-electron chi connectivity index (χ1n) is 8.25. The molecule has 0 unspecified atom stereocenters. The predicted octanol–water partition coefficient (Wildman–Crippen LogP) is 2.83. The number of anilines is 2. The number of amides is 3. The van der Waals surface area contributed by atoms with Crippen molar-refractivity contribution in [3.05, 3.63) is 41.2 Å². The molecule has 1 aromatic carbocycles. The summed E-state index contributed by atoms with van der Waals surface area (Å²) >= 11 is 0. The maximum absolute atomic E-state index is 12.4. The molecule has 2 rings (SSSR count). The minimum atomic E-state index is -0.646. The van der Waals surface area contributed by atoms with Crippen LogP contribution >= 0.6 is 0 Å². The molecule has 0 aliphatic rings. The molecule has 0 spiro atoms. The van der Waals surface area contributed by atoms with E-state index in [4.69, 9.17) is 5.73 Å². The molecule has 0 aliphatic carbocycles. The molecule has 0 bridgehead atoms. The molecule has 0 saturated heterocycles. The fourth-order valence-electron chi connectivity index (χ4n) is 2.70. The number of rotatable bonds is 6. The van der Waals surface area contributed by atoms with Gasteiger partial charge in [0.1, 0.15) is 0 Å². The Kier molecular flexibility index (Phi) is 5.80. The van der Waals surface area contributed by atoms with Crippen LogP contribution < -0.4 is 16.4 Å². The fourth-order valence-corrected chi connectivity index (χ4v) is 2.70. The van der Waals surface area contributed by atoms with Gasteiger partial charge in [0.15, 0.2) is 0 Å². The van der Waals surface area contributed by atoms with E-state index in [1.807, 2.05) is 18.5 Å². The summed E-state index contributed by atoms with van der Waals surface area (Å²) in [4.78, 5) is 23.3. The first-order chi connectivity index (χ1) is 11.8. The van der Waals surface area contributed by atoms with Crippen LogP contribution in [0.4, 0.5) is 16.2 Å². The molecule has 134 valence electrons. The molecule has 1 aromatic heterocycles. The van der Waals surface area contributed by atoms with Gasteiger partial charge in [0, 0.05) is 29.2 Å². The van der Waals surface area contributed by atoms with Crippen LogP contribution in [-0.2, 0) is 17.8 Å². The third-order valence-corrected chi connectivity index (χ3v) is 3.82. The molecule has 7 nitrogen and oxygen atoms in total. The second-order valence-corrected chi connectivity index (χ2v) is 6.52. The van der Waals surface area contributed by atoms with Crippen molar-refractivity contribution in [2.24, 2.45) is 11.7 Å². The molecular formula is C18H25N5O2. The van der Waals surface area contributed by atoms with Crippen molar-refractivity contribution in [2.75, 3.05) is 10.6 Å². The van der Waals surface area contributed by atoms with Crippen molar-refractivity contribution in [1.29, 1.82) is 0 Å². The van der Waals surface area contributed by atoms with Gasteiger partial charge >= 0.3 is 6.03 Å². The molecule has 0 atom stereocenters. The van der Waals surface area contributed by atoms with Gasteiger partial charge in [0.25, 0.3) is 0 Å². The van der Waals surface area contributed by atoms with E-state index in [0.717, 1.165) is 23.5 Å². The van der Waals surface area contributed by atoms with Crippen LogP contribution in [0.2, 0.25) is 0 Å². The molecule has 2 aromatic rings. The Balaban J connectivity index is 2.08. The second kappa shape index (κ2) is 7.83. The smallest absolute Gasteiger partial charge is 0.316 e. The summed E-state index contributed by atoms with van der Waals surface area (Å²) in [6.45, 7) is 9.01. The number of urea groups is 1. The Labute approximate surface area is 147 Å². The van der Waals surface area contributed by atoms with Crippen molar-refractivity contribution in [3.8, 4) is 0 Å². The van der Waals surface area contributed by atoms with E-state index in [1.54, 1.807) is 24.3 Å². The molecule has 0 saturated carbocycles. The number of carbonyl (C=O) groups excluding carboxylic acids is 2. The highest BCUT2D eigenvalue weighted by Gasteiger charge is 2.15. The summed E-state index contributed by atoms with van der Waals surface area (Å²) in [6, 6.07) is 6.20. The number of nitrogens with one attached hydrogen (secondary N) is 2. The summed E-state index contributed by atoms with van der Waals surface area (Å²) < 4.78 is 1.96. The van der Waals surface area contributed by atoms with Crippen molar-refractivity contribution in [3.63, 3.8) is 0 Å². The summed E-state index contributed by atoms with van der Waals surface area (Å²) in [7, 11) is 0. The standard InChI is InChI=1S/C18H25N5O2/c1-11(2)10-23-13(4)16(12(3)22-23)9-17(24)20-14-6-5-7-15(8-14)21-18(19)25/h5-8,11H,9-10H2,1-4H3,(H,20,24)(H3,19,21,25). The lowest BCUT2D eigenvalue weighted by Gasteiger charge is -2.09. The van der Waals surface area contributed by atoms with Crippen molar-refractivity contribution < 1.29 is 9.59 Å². The molecule has 0 radical (unpaired) electrons. The van der Waals surface area contributed by atoms with E-state index >= 15 is 0 Å².